The zero-order chi connectivity index (χ0) is 24.5. The van der Waals surface area contributed by atoms with Crippen molar-refractivity contribution in [2.75, 3.05) is 6.61 Å². The number of hydrogen-bond acceptors (Lipinski definition) is 5. The Morgan fingerprint density at radius 2 is 1.85 bits per heavy atom. The highest BCUT2D eigenvalue weighted by Crippen LogP contribution is 2.42. The Balaban J connectivity index is 1.63. The highest BCUT2D eigenvalue weighted by atomic mass is 35.5. The number of halogens is 2. The first kappa shape index (κ1) is 24.9. The van der Waals surface area contributed by atoms with Gasteiger partial charge in [0.2, 0.25) is 5.90 Å². The van der Waals surface area contributed by atoms with E-state index in [0.717, 1.165) is 10.4 Å². The Morgan fingerprint density at radius 1 is 1.15 bits per heavy atom. The van der Waals surface area contributed by atoms with Crippen molar-refractivity contribution in [1.82, 2.24) is 0 Å². The average molecular weight is 522 g/mol. The first-order valence-corrected chi connectivity index (χ1v) is 13.5. The molecule has 0 fully saturated rings. The van der Waals surface area contributed by atoms with E-state index in [1.54, 1.807) is 44.2 Å². The largest absolute Gasteiger partial charge is 0.472 e. The van der Waals surface area contributed by atoms with E-state index in [2.05, 4.69) is 4.40 Å². The van der Waals surface area contributed by atoms with Crippen LogP contribution in [0.3, 0.4) is 0 Å². The molecule has 1 aromatic heterocycles. The van der Waals surface area contributed by atoms with Crippen LogP contribution in [0, 0.1) is 5.82 Å². The molecule has 2 aromatic carbocycles. The molecule has 3 aromatic rings. The monoisotopic (exact) mass is 521 g/mol. The summed E-state index contributed by atoms with van der Waals surface area (Å²) in [5.41, 5.74) is 0.793. The van der Waals surface area contributed by atoms with Crippen LogP contribution in [0.4, 0.5) is 4.39 Å². The molecule has 0 amide bonds. The molecule has 5 nitrogen and oxygen atoms in total. The van der Waals surface area contributed by atoms with Gasteiger partial charge in [-0.25, -0.2) is 12.8 Å². The molecular formula is C25H25ClFNO4S2. The second-order valence-electron chi connectivity index (χ2n) is 8.75. The van der Waals surface area contributed by atoms with Crippen LogP contribution in [0.5, 0.6) is 0 Å². The van der Waals surface area contributed by atoms with Gasteiger partial charge in [-0.15, -0.1) is 15.7 Å². The van der Waals surface area contributed by atoms with E-state index in [9.17, 15) is 17.9 Å². The number of nitrogens with zero attached hydrogens (tertiary/aromatic N) is 1. The van der Waals surface area contributed by atoms with E-state index >= 15 is 0 Å². The number of benzene rings is 2. The number of sulfonamides is 1. The zero-order valence-electron chi connectivity index (χ0n) is 18.7. The van der Waals surface area contributed by atoms with Gasteiger partial charge in [0, 0.05) is 17.9 Å². The lowest BCUT2D eigenvalue weighted by Crippen LogP contribution is -2.43. The van der Waals surface area contributed by atoms with Gasteiger partial charge in [-0.2, -0.15) is 0 Å². The van der Waals surface area contributed by atoms with Crippen molar-refractivity contribution in [3.8, 4) is 10.4 Å². The van der Waals surface area contributed by atoms with Gasteiger partial charge in [-0.1, -0.05) is 54.1 Å². The smallest absolute Gasteiger partial charge is 0.267 e. The van der Waals surface area contributed by atoms with Gasteiger partial charge < -0.3 is 9.84 Å². The van der Waals surface area contributed by atoms with Gasteiger partial charge >= 0.3 is 0 Å². The second kappa shape index (κ2) is 9.77. The Bertz CT molecular complexity index is 1300. The van der Waals surface area contributed by atoms with Crippen molar-refractivity contribution >= 4 is 38.9 Å². The van der Waals surface area contributed by atoms with E-state index in [1.165, 1.54) is 17.4 Å². The molecule has 1 unspecified atom stereocenters. The summed E-state index contributed by atoms with van der Waals surface area (Å²) < 4.78 is 51.7. The lowest BCUT2D eigenvalue weighted by Gasteiger charge is -2.38. The number of aliphatic hydroxyl groups is 1. The summed E-state index contributed by atoms with van der Waals surface area (Å²) in [7, 11) is -3.97. The van der Waals surface area contributed by atoms with E-state index in [0.29, 0.717) is 15.5 Å². The molecule has 1 aliphatic rings. The van der Waals surface area contributed by atoms with Crippen molar-refractivity contribution in [3.63, 3.8) is 0 Å². The van der Waals surface area contributed by atoms with Gasteiger partial charge in [0.1, 0.15) is 16.7 Å². The second-order valence-corrected chi connectivity index (χ2v) is 12.1. The van der Waals surface area contributed by atoms with E-state index in [1.807, 2.05) is 24.3 Å². The molecule has 0 saturated heterocycles. The summed E-state index contributed by atoms with van der Waals surface area (Å²) in [5.74, 6) is -0.860. The van der Waals surface area contributed by atoms with Crippen molar-refractivity contribution in [1.29, 1.82) is 0 Å². The molecule has 0 radical (unpaired) electrons. The number of thiophene rings is 1. The minimum atomic E-state index is -3.97. The minimum Gasteiger partial charge on any atom is -0.472 e. The number of hydrogen-bond donors (Lipinski definition) is 1. The summed E-state index contributed by atoms with van der Waals surface area (Å²) in [6.45, 7) is 3.24. The molecule has 9 heteroatoms. The molecule has 34 heavy (non-hydrogen) atoms. The van der Waals surface area contributed by atoms with Gasteiger partial charge in [0.05, 0.1) is 4.34 Å². The van der Waals surface area contributed by atoms with Crippen molar-refractivity contribution in [2.45, 2.75) is 43.5 Å². The minimum absolute atomic E-state index is 0.0211. The topological polar surface area (TPSA) is 76.0 Å². The maximum Gasteiger partial charge on any atom is 0.267 e. The first-order valence-electron chi connectivity index (χ1n) is 10.8. The van der Waals surface area contributed by atoms with Crippen molar-refractivity contribution in [3.05, 3.63) is 81.9 Å². The fraction of sp³-hybridized carbons (Fsp3) is 0.320. The molecule has 4 rings (SSSR count). The van der Waals surface area contributed by atoms with E-state index in [-0.39, 0.29) is 25.3 Å². The lowest BCUT2D eigenvalue weighted by atomic mass is 9.91. The first-order chi connectivity index (χ1) is 16.1. The van der Waals surface area contributed by atoms with Crippen LogP contribution in [-0.2, 0) is 14.8 Å². The number of rotatable bonds is 7. The third-order valence-corrected chi connectivity index (χ3v) is 9.03. The molecule has 0 aliphatic carbocycles. The normalized spacial score (nSPS) is 19.8. The van der Waals surface area contributed by atoms with Crippen LogP contribution >= 0.6 is 22.9 Å². The van der Waals surface area contributed by atoms with E-state index < -0.39 is 32.6 Å². The predicted molar refractivity (Wildman–Crippen MR) is 134 cm³/mol. The predicted octanol–water partition coefficient (Wildman–Crippen LogP) is 6.34. The number of ether oxygens (including phenoxy) is 1. The Kier molecular flexibility index (Phi) is 7.14. The summed E-state index contributed by atoms with van der Waals surface area (Å²) in [4.78, 5) is 0.988. The summed E-state index contributed by atoms with van der Waals surface area (Å²) in [5, 5.41) is 8.49. The van der Waals surface area contributed by atoms with Gasteiger partial charge in [0.25, 0.3) is 10.0 Å². The SMILES string of the molecule is CC1(C)OC(C[C@@H](CCO)c2ccccc2F)=NS(=O)(=O)C1c1ccc(-c2ccc(Cl)s2)cc1. The quantitative estimate of drug-likeness (QED) is 0.393. The molecule has 0 saturated carbocycles. The van der Waals surface area contributed by atoms with Crippen LogP contribution in [0.1, 0.15) is 49.0 Å². The van der Waals surface area contributed by atoms with Crippen LogP contribution < -0.4 is 0 Å². The fourth-order valence-electron chi connectivity index (χ4n) is 4.41. The molecule has 1 N–H and O–H groups in total. The van der Waals surface area contributed by atoms with Crippen molar-refractivity contribution in [2.24, 2.45) is 4.40 Å². The standard InChI is InChI=1S/C25H25ClFNO4S2/c1-25(2)24(17-9-7-16(8-10-17)21-11-12-22(26)33-21)34(30,31)28-23(32-25)15-18(13-14-29)19-5-3-4-6-20(19)27/h3-12,18,24,29H,13-15H2,1-2H3/t18-,24?/m1/s1. The lowest BCUT2D eigenvalue weighted by molar-refractivity contribution is 0.0797. The molecule has 0 bridgehead atoms. The van der Waals surface area contributed by atoms with Crippen LogP contribution in [0.2, 0.25) is 4.34 Å². The Labute approximate surface area is 207 Å². The third kappa shape index (κ3) is 5.20. The number of aliphatic hydroxyl groups excluding tert-OH is 1. The summed E-state index contributed by atoms with van der Waals surface area (Å²) in [6, 6.07) is 17.3. The molecule has 0 spiro atoms. The van der Waals surface area contributed by atoms with Crippen LogP contribution in [0.15, 0.2) is 65.1 Å². The third-order valence-electron chi connectivity index (χ3n) is 5.85. The van der Waals surface area contributed by atoms with E-state index in [4.69, 9.17) is 16.3 Å². The highest BCUT2D eigenvalue weighted by Gasteiger charge is 2.47. The summed E-state index contributed by atoms with van der Waals surface area (Å²) in [6.07, 6.45) is 0.316. The maximum absolute atomic E-state index is 14.4. The van der Waals surface area contributed by atoms with Crippen LogP contribution in [0.25, 0.3) is 10.4 Å². The molecular weight excluding hydrogens is 497 g/mol. The van der Waals surface area contributed by atoms with Gasteiger partial charge in [-0.05, 0) is 61.1 Å². The maximum atomic E-state index is 14.4. The van der Waals surface area contributed by atoms with Crippen molar-refractivity contribution < 1.29 is 22.7 Å². The summed E-state index contributed by atoms with van der Waals surface area (Å²) >= 11 is 7.48. The zero-order valence-corrected chi connectivity index (χ0v) is 21.1. The van der Waals surface area contributed by atoms with Crippen LogP contribution in [-0.4, -0.2) is 31.6 Å². The molecule has 2 heterocycles. The van der Waals surface area contributed by atoms with Gasteiger partial charge in [0.15, 0.2) is 0 Å². The molecule has 180 valence electrons. The molecule has 2 atom stereocenters. The average Bonchev–Trinajstić information content (AvgIpc) is 3.19. The van der Waals surface area contributed by atoms with Gasteiger partial charge in [-0.3, -0.25) is 0 Å². The Morgan fingerprint density at radius 3 is 2.44 bits per heavy atom. The molecule has 1 aliphatic heterocycles. The fourth-order valence-corrected chi connectivity index (χ4v) is 7.23. The highest BCUT2D eigenvalue weighted by molar-refractivity contribution is 7.90. The Hall–Kier alpha value is -2.26.